The molecule has 0 unspecified atom stereocenters. The Morgan fingerprint density at radius 3 is 2.32 bits per heavy atom. The molecule has 0 aliphatic carbocycles. The molecule has 2 aromatic carbocycles. The van der Waals surface area contributed by atoms with Gasteiger partial charge in [-0.1, -0.05) is 46.3 Å². The van der Waals surface area contributed by atoms with E-state index in [2.05, 4.69) is 42.4 Å². The van der Waals surface area contributed by atoms with Crippen LogP contribution in [0.15, 0.2) is 73.5 Å². The number of benzene rings is 2. The van der Waals surface area contributed by atoms with Gasteiger partial charge in [-0.05, 0) is 51.8 Å². The number of piperazine rings is 1. The number of nitrogens with zero attached hydrogens (tertiary/aromatic N) is 3. The summed E-state index contributed by atoms with van der Waals surface area (Å²) in [6.07, 6.45) is 3.41. The van der Waals surface area contributed by atoms with Gasteiger partial charge in [0.2, 0.25) is 10.0 Å². The van der Waals surface area contributed by atoms with Gasteiger partial charge in [0.1, 0.15) is 0 Å². The van der Waals surface area contributed by atoms with Gasteiger partial charge in [0, 0.05) is 35.1 Å². The molecule has 1 N–H and O–H groups in total. The number of allylic oxidation sites excluding steroid dienone is 1. The maximum Gasteiger partial charge on any atom is 0.254 e. The van der Waals surface area contributed by atoms with E-state index in [1.165, 1.54) is 10.5 Å². The number of carbonyl (C=O) groups is 1. The van der Waals surface area contributed by atoms with Crippen molar-refractivity contribution in [2.75, 3.05) is 32.7 Å². The number of hydrogen-bond acceptors (Lipinski definition) is 5. The predicted octanol–water partition coefficient (Wildman–Crippen LogP) is 3.29. The van der Waals surface area contributed by atoms with E-state index >= 15 is 0 Å². The molecule has 0 bridgehead atoms. The van der Waals surface area contributed by atoms with Crippen molar-refractivity contribution < 1.29 is 13.2 Å². The molecule has 0 radical (unpaired) electrons. The minimum Gasteiger partial charge on any atom is -0.292 e. The van der Waals surface area contributed by atoms with Crippen LogP contribution in [0.4, 0.5) is 0 Å². The maximum absolute atomic E-state index is 12.7. The molecule has 0 atom stereocenters. The molecular formula is C21H22Br2N4O3S. The third-order valence-corrected chi connectivity index (χ3v) is 7.51. The topological polar surface area (TPSA) is 82.1 Å². The number of rotatable bonds is 7. The van der Waals surface area contributed by atoms with E-state index in [1.54, 1.807) is 24.3 Å². The fourth-order valence-corrected chi connectivity index (χ4v) is 5.09. The van der Waals surface area contributed by atoms with Crippen LogP contribution in [0.5, 0.6) is 0 Å². The number of halogens is 2. The van der Waals surface area contributed by atoms with Crippen molar-refractivity contribution in [1.82, 2.24) is 14.6 Å². The normalized spacial score (nSPS) is 16.5. The Morgan fingerprint density at radius 2 is 1.68 bits per heavy atom. The summed E-state index contributed by atoms with van der Waals surface area (Å²) in [6, 6.07) is 16.3. The molecule has 2 aromatic rings. The van der Waals surface area contributed by atoms with E-state index < -0.39 is 10.0 Å². The lowest BCUT2D eigenvalue weighted by Crippen LogP contribution is -2.50. The summed E-state index contributed by atoms with van der Waals surface area (Å²) in [7, 11) is -3.53. The quantitative estimate of drug-likeness (QED) is 0.410. The zero-order valence-electron chi connectivity index (χ0n) is 16.6. The Labute approximate surface area is 199 Å². The Hall–Kier alpha value is -1.85. The minimum absolute atomic E-state index is 0.156. The largest absolute Gasteiger partial charge is 0.292 e. The average Bonchev–Trinajstić information content (AvgIpc) is 2.75. The smallest absolute Gasteiger partial charge is 0.254 e. The Bertz CT molecular complexity index is 1050. The van der Waals surface area contributed by atoms with E-state index in [-0.39, 0.29) is 17.3 Å². The van der Waals surface area contributed by atoms with Crippen LogP contribution in [-0.4, -0.2) is 62.5 Å². The molecule has 3 rings (SSSR count). The third kappa shape index (κ3) is 7.08. The number of sulfonamides is 1. The van der Waals surface area contributed by atoms with Gasteiger partial charge in [0.15, 0.2) is 0 Å². The van der Waals surface area contributed by atoms with Gasteiger partial charge in [-0.2, -0.15) is 9.41 Å². The number of nitrogens with one attached hydrogen (secondary N) is 1. The zero-order chi connectivity index (χ0) is 22.3. The summed E-state index contributed by atoms with van der Waals surface area (Å²) < 4.78 is 28.5. The van der Waals surface area contributed by atoms with Gasteiger partial charge in [0.25, 0.3) is 5.91 Å². The van der Waals surface area contributed by atoms with Crippen molar-refractivity contribution >= 4 is 60.1 Å². The van der Waals surface area contributed by atoms with Gasteiger partial charge in [-0.15, -0.1) is 0 Å². The van der Waals surface area contributed by atoms with Crippen LogP contribution in [0.1, 0.15) is 5.56 Å². The summed E-state index contributed by atoms with van der Waals surface area (Å²) in [5.41, 5.74) is 3.52. The Morgan fingerprint density at radius 1 is 1.03 bits per heavy atom. The summed E-state index contributed by atoms with van der Waals surface area (Å²) in [6.45, 7) is 1.78. The van der Waals surface area contributed by atoms with Crippen LogP contribution in [0.25, 0.3) is 6.08 Å². The summed E-state index contributed by atoms with van der Waals surface area (Å²) in [5.74, 6) is -0.250. The first-order valence-electron chi connectivity index (χ1n) is 9.57. The molecule has 10 heteroatoms. The maximum atomic E-state index is 12.7. The fourth-order valence-electron chi connectivity index (χ4n) is 3.03. The molecule has 1 heterocycles. The number of carbonyl (C=O) groups excluding carboxylic acids is 1. The Balaban J connectivity index is 1.45. The summed E-state index contributed by atoms with van der Waals surface area (Å²) in [5, 5.41) is 3.96. The lowest BCUT2D eigenvalue weighted by atomic mass is 10.2. The predicted molar refractivity (Wildman–Crippen MR) is 129 cm³/mol. The molecule has 0 spiro atoms. The number of amides is 1. The lowest BCUT2D eigenvalue weighted by molar-refractivity contribution is -0.122. The van der Waals surface area contributed by atoms with Gasteiger partial charge in [0.05, 0.1) is 17.7 Å². The van der Waals surface area contributed by atoms with Gasteiger partial charge in [-0.25, -0.2) is 13.8 Å². The summed E-state index contributed by atoms with van der Waals surface area (Å²) in [4.78, 5) is 14.3. The van der Waals surface area contributed by atoms with Crippen molar-refractivity contribution in [2.45, 2.75) is 4.90 Å². The highest BCUT2D eigenvalue weighted by atomic mass is 79.9. The first-order valence-corrected chi connectivity index (χ1v) is 12.6. The van der Waals surface area contributed by atoms with E-state index in [9.17, 15) is 13.2 Å². The highest BCUT2D eigenvalue weighted by Crippen LogP contribution is 2.20. The van der Waals surface area contributed by atoms with Gasteiger partial charge in [-0.3, -0.25) is 9.69 Å². The molecule has 1 amide bonds. The SMILES string of the molecule is O=C(CN1CCN(S(=O)(=O)c2ccc(Br)cc2)CC1)N/N=C/C(Br)=C/c1ccccc1. The van der Waals surface area contributed by atoms with Crippen LogP contribution in [0, 0.1) is 0 Å². The summed E-state index contributed by atoms with van der Waals surface area (Å²) >= 11 is 6.71. The standard InChI is InChI=1S/C21H22Br2N4O3S/c22-18-6-8-20(9-7-18)31(29,30)27-12-10-26(11-13-27)16-21(28)25-24-15-19(23)14-17-4-2-1-3-5-17/h1-9,14-15H,10-13,16H2,(H,25,28)/b19-14-,24-15+. The van der Waals surface area contributed by atoms with Crippen molar-refractivity contribution in [2.24, 2.45) is 5.10 Å². The molecule has 1 aliphatic heterocycles. The van der Waals surface area contributed by atoms with E-state index in [4.69, 9.17) is 0 Å². The molecule has 1 aliphatic rings. The zero-order valence-corrected chi connectivity index (χ0v) is 20.6. The molecule has 0 saturated carbocycles. The van der Waals surface area contributed by atoms with Crippen LogP contribution in [0.3, 0.4) is 0 Å². The first kappa shape index (κ1) is 23.8. The van der Waals surface area contributed by atoms with E-state index in [0.29, 0.717) is 26.2 Å². The van der Waals surface area contributed by atoms with Crippen LogP contribution < -0.4 is 5.43 Å². The highest BCUT2D eigenvalue weighted by Gasteiger charge is 2.28. The third-order valence-electron chi connectivity index (χ3n) is 4.63. The first-order chi connectivity index (χ1) is 14.8. The highest BCUT2D eigenvalue weighted by molar-refractivity contribution is 9.12. The molecule has 7 nitrogen and oxygen atoms in total. The number of hydrogen-bond donors (Lipinski definition) is 1. The average molecular weight is 570 g/mol. The van der Waals surface area contributed by atoms with Gasteiger partial charge >= 0.3 is 0 Å². The molecule has 164 valence electrons. The second-order valence-corrected chi connectivity index (χ2v) is 10.6. The van der Waals surface area contributed by atoms with E-state index in [0.717, 1.165) is 14.5 Å². The second kappa shape index (κ2) is 11.1. The molecular weight excluding hydrogens is 548 g/mol. The number of hydrazone groups is 1. The van der Waals surface area contributed by atoms with Gasteiger partial charge < -0.3 is 0 Å². The molecule has 31 heavy (non-hydrogen) atoms. The fraction of sp³-hybridized carbons (Fsp3) is 0.238. The van der Waals surface area contributed by atoms with Crippen LogP contribution in [-0.2, 0) is 14.8 Å². The second-order valence-electron chi connectivity index (χ2n) is 6.87. The molecule has 1 fully saturated rings. The van der Waals surface area contributed by atoms with Crippen molar-refractivity contribution in [3.05, 3.63) is 69.1 Å². The van der Waals surface area contributed by atoms with Crippen molar-refractivity contribution in [1.29, 1.82) is 0 Å². The monoisotopic (exact) mass is 568 g/mol. The minimum atomic E-state index is -3.53. The molecule has 0 aromatic heterocycles. The van der Waals surface area contributed by atoms with Crippen molar-refractivity contribution in [3.63, 3.8) is 0 Å². The van der Waals surface area contributed by atoms with Crippen molar-refractivity contribution in [3.8, 4) is 0 Å². The van der Waals surface area contributed by atoms with E-state index in [1.807, 2.05) is 41.3 Å². The van der Waals surface area contributed by atoms with Crippen LogP contribution in [0.2, 0.25) is 0 Å². The molecule has 1 saturated heterocycles. The van der Waals surface area contributed by atoms with Crippen LogP contribution >= 0.6 is 31.9 Å². The lowest BCUT2D eigenvalue weighted by Gasteiger charge is -2.33. The Kier molecular flexibility index (Phi) is 8.56.